The average molecular weight is 373 g/mol. The zero-order valence-electron chi connectivity index (χ0n) is 13.9. The Bertz CT molecular complexity index is 932. The summed E-state index contributed by atoms with van der Waals surface area (Å²) in [6.07, 6.45) is -1.45. The molecule has 3 rings (SSSR count). The molecule has 0 spiro atoms. The minimum Gasteiger partial charge on any atom is -0.349 e. The molecule has 0 fully saturated rings. The van der Waals surface area contributed by atoms with Crippen LogP contribution < -0.4 is 10.6 Å². The topological polar surface area (TPSA) is 79.8 Å². The number of anilines is 2. The second-order valence-electron chi connectivity index (χ2n) is 5.47. The lowest BCUT2D eigenvalue weighted by Gasteiger charge is -2.10. The van der Waals surface area contributed by atoms with Gasteiger partial charge in [-0.1, -0.05) is 12.1 Å². The number of benzene rings is 1. The van der Waals surface area contributed by atoms with Gasteiger partial charge in [-0.3, -0.25) is 9.78 Å². The first kappa shape index (κ1) is 18.3. The Hall–Kier alpha value is -3.49. The first-order valence-corrected chi connectivity index (χ1v) is 7.87. The standard InChI is InChI=1S/C18H14F3N5O/c19-18(20,21)12-4-3-6-13(10-12)25-16(27)15-7-9-23-17(26-15)24-11-14-5-1-2-8-22-14/h1-10H,11H2,(H,25,27)(H,23,24,26). The Morgan fingerprint density at radius 3 is 2.59 bits per heavy atom. The second-order valence-corrected chi connectivity index (χ2v) is 5.47. The fourth-order valence-electron chi connectivity index (χ4n) is 2.21. The summed E-state index contributed by atoms with van der Waals surface area (Å²) in [4.78, 5) is 24.5. The number of hydrogen-bond acceptors (Lipinski definition) is 5. The highest BCUT2D eigenvalue weighted by Crippen LogP contribution is 2.30. The Kier molecular flexibility index (Phi) is 5.30. The van der Waals surface area contributed by atoms with Gasteiger partial charge in [0.15, 0.2) is 0 Å². The molecule has 6 nitrogen and oxygen atoms in total. The molecule has 2 heterocycles. The number of halogens is 3. The number of pyridine rings is 1. The molecule has 0 aliphatic carbocycles. The van der Waals surface area contributed by atoms with Crippen molar-refractivity contribution in [2.24, 2.45) is 0 Å². The van der Waals surface area contributed by atoms with Gasteiger partial charge in [0.1, 0.15) is 5.69 Å². The summed E-state index contributed by atoms with van der Waals surface area (Å²) in [5.41, 5.74) is -0.0389. The smallest absolute Gasteiger partial charge is 0.349 e. The Morgan fingerprint density at radius 1 is 1.00 bits per heavy atom. The second kappa shape index (κ2) is 7.81. The molecule has 0 atom stereocenters. The van der Waals surface area contributed by atoms with Crippen molar-refractivity contribution < 1.29 is 18.0 Å². The SMILES string of the molecule is O=C(Nc1cccc(C(F)(F)F)c1)c1ccnc(NCc2ccccn2)n1. The maximum absolute atomic E-state index is 12.8. The quantitative estimate of drug-likeness (QED) is 0.712. The van der Waals surface area contributed by atoms with Crippen LogP contribution in [0.5, 0.6) is 0 Å². The number of nitrogens with zero attached hydrogens (tertiary/aromatic N) is 3. The van der Waals surface area contributed by atoms with Crippen LogP contribution in [0, 0.1) is 0 Å². The highest BCUT2D eigenvalue weighted by atomic mass is 19.4. The van der Waals surface area contributed by atoms with Crippen molar-refractivity contribution in [3.05, 3.63) is 77.9 Å². The first-order chi connectivity index (χ1) is 12.9. The molecule has 0 bridgehead atoms. The van der Waals surface area contributed by atoms with E-state index in [4.69, 9.17) is 0 Å². The molecule has 0 saturated heterocycles. The molecule has 2 N–H and O–H groups in total. The van der Waals surface area contributed by atoms with E-state index in [-0.39, 0.29) is 17.3 Å². The van der Waals surface area contributed by atoms with Crippen LogP contribution in [0.4, 0.5) is 24.8 Å². The van der Waals surface area contributed by atoms with Gasteiger partial charge in [0.25, 0.3) is 5.91 Å². The molecule has 3 aromatic rings. The largest absolute Gasteiger partial charge is 0.416 e. The van der Waals surface area contributed by atoms with Gasteiger partial charge in [-0.15, -0.1) is 0 Å². The van der Waals surface area contributed by atoms with Crippen molar-refractivity contribution in [3.63, 3.8) is 0 Å². The lowest BCUT2D eigenvalue weighted by atomic mass is 10.2. The number of aromatic nitrogens is 3. The summed E-state index contributed by atoms with van der Waals surface area (Å²) < 4.78 is 38.3. The summed E-state index contributed by atoms with van der Waals surface area (Å²) in [7, 11) is 0. The molecule has 9 heteroatoms. The molecule has 0 aliphatic rings. The van der Waals surface area contributed by atoms with Crippen LogP contribution in [0.25, 0.3) is 0 Å². The van der Waals surface area contributed by atoms with Crippen molar-refractivity contribution in [2.45, 2.75) is 12.7 Å². The van der Waals surface area contributed by atoms with Crippen molar-refractivity contribution in [2.75, 3.05) is 10.6 Å². The molecule has 1 amide bonds. The number of carbonyl (C=O) groups excluding carboxylic acids is 1. The third kappa shape index (κ3) is 5.00. The van der Waals surface area contributed by atoms with Crippen LogP contribution in [-0.2, 0) is 12.7 Å². The van der Waals surface area contributed by atoms with Gasteiger partial charge in [0.05, 0.1) is 17.8 Å². The number of alkyl halides is 3. The molecule has 0 aliphatic heterocycles. The molecule has 0 saturated carbocycles. The van der Waals surface area contributed by atoms with Gasteiger partial charge in [-0.2, -0.15) is 13.2 Å². The minimum atomic E-state index is -4.49. The van der Waals surface area contributed by atoms with Gasteiger partial charge in [0, 0.05) is 18.1 Å². The van der Waals surface area contributed by atoms with E-state index in [0.29, 0.717) is 6.54 Å². The summed E-state index contributed by atoms with van der Waals surface area (Å²) >= 11 is 0. The third-order valence-corrected chi connectivity index (χ3v) is 3.49. The van der Waals surface area contributed by atoms with E-state index >= 15 is 0 Å². The van der Waals surface area contributed by atoms with Crippen LogP contribution in [0.15, 0.2) is 60.9 Å². The lowest BCUT2D eigenvalue weighted by molar-refractivity contribution is -0.137. The minimum absolute atomic E-state index is 0.0194. The Labute approximate surface area is 152 Å². The first-order valence-electron chi connectivity index (χ1n) is 7.87. The Balaban J connectivity index is 1.68. The van der Waals surface area contributed by atoms with Crippen molar-refractivity contribution in [1.29, 1.82) is 0 Å². The van der Waals surface area contributed by atoms with E-state index in [0.717, 1.165) is 17.8 Å². The molecule has 138 valence electrons. The highest BCUT2D eigenvalue weighted by Gasteiger charge is 2.30. The number of carbonyl (C=O) groups is 1. The number of amides is 1. The van der Waals surface area contributed by atoms with Crippen molar-refractivity contribution in [3.8, 4) is 0 Å². The molecular weight excluding hydrogens is 359 g/mol. The summed E-state index contributed by atoms with van der Waals surface area (Å²) in [6.45, 7) is 0.361. The third-order valence-electron chi connectivity index (χ3n) is 3.49. The zero-order chi connectivity index (χ0) is 19.3. The number of nitrogens with one attached hydrogen (secondary N) is 2. The van der Waals surface area contributed by atoms with Crippen molar-refractivity contribution >= 4 is 17.5 Å². The van der Waals surface area contributed by atoms with Crippen LogP contribution in [0.3, 0.4) is 0 Å². The summed E-state index contributed by atoms with van der Waals surface area (Å²) in [5, 5.41) is 5.34. The number of rotatable bonds is 5. The molecule has 27 heavy (non-hydrogen) atoms. The van der Waals surface area contributed by atoms with Gasteiger partial charge < -0.3 is 10.6 Å². The van der Waals surface area contributed by atoms with Crippen LogP contribution in [0.1, 0.15) is 21.7 Å². The maximum Gasteiger partial charge on any atom is 0.416 e. The summed E-state index contributed by atoms with van der Waals surface area (Å²) in [6, 6.07) is 11.2. The van der Waals surface area contributed by atoms with E-state index in [9.17, 15) is 18.0 Å². The fourth-order valence-corrected chi connectivity index (χ4v) is 2.21. The van der Waals surface area contributed by atoms with Gasteiger partial charge in [-0.05, 0) is 36.4 Å². The van der Waals surface area contributed by atoms with Crippen LogP contribution in [0.2, 0.25) is 0 Å². The maximum atomic E-state index is 12.8. The average Bonchev–Trinajstić information content (AvgIpc) is 2.67. The molecule has 0 radical (unpaired) electrons. The molecule has 2 aromatic heterocycles. The van der Waals surface area contributed by atoms with Gasteiger partial charge >= 0.3 is 6.18 Å². The van der Waals surface area contributed by atoms with E-state index in [2.05, 4.69) is 25.6 Å². The molecular formula is C18H14F3N5O. The highest BCUT2D eigenvalue weighted by molar-refractivity contribution is 6.03. The normalized spacial score (nSPS) is 11.1. The zero-order valence-corrected chi connectivity index (χ0v) is 13.9. The van der Waals surface area contributed by atoms with Crippen LogP contribution in [-0.4, -0.2) is 20.9 Å². The van der Waals surface area contributed by atoms with E-state index < -0.39 is 17.6 Å². The predicted molar refractivity (Wildman–Crippen MR) is 93.0 cm³/mol. The molecule has 0 unspecified atom stereocenters. The van der Waals surface area contributed by atoms with Crippen molar-refractivity contribution in [1.82, 2.24) is 15.0 Å². The molecule has 1 aromatic carbocycles. The fraction of sp³-hybridized carbons (Fsp3) is 0.111. The van der Waals surface area contributed by atoms with Gasteiger partial charge in [-0.25, -0.2) is 9.97 Å². The Morgan fingerprint density at radius 2 is 1.85 bits per heavy atom. The summed E-state index contributed by atoms with van der Waals surface area (Å²) in [5.74, 6) is -0.435. The van der Waals surface area contributed by atoms with E-state index in [1.165, 1.54) is 24.4 Å². The van der Waals surface area contributed by atoms with Gasteiger partial charge in [0.2, 0.25) is 5.95 Å². The van der Waals surface area contributed by atoms with E-state index in [1.54, 1.807) is 12.3 Å². The number of hydrogen-bond donors (Lipinski definition) is 2. The lowest BCUT2D eigenvalue weighted by Crippen LogP contribution is -2.16. The monoisotopic (exact) mass is 373 g/mol. The predicted octanol–water partition coefficient (Wildman–Crippen LogP) is 3.75. The van der Waals surface area contributed by atoms with Crippen LogP contribution >= 0.6 is 0 Å². The van der Waals surface area contributed by atoms with E-state index in [1.807, 2.05) is 12.1 Å².